The van der Waals surface area contributed by atoms with Crippen molar-refractivity contribution in [2.75, 3.05) is 26.7 Å². The second kappa shape index (κ2) is 6.05. The van der Waals surface area contributed by atoms with E-state index in [1.54, 1.807) is 0 Å². The summed E-state index contributed by atoms with van der Waals surface area (Å²) in [6, 6.07) is 0. The third kappa shape index (κ3) is 5.25. The van der Waals surface area contributed by atoms with Crippen molar-refractivity contribution in [2.24, 2.45) is 11.1 Å². The van der Waals surface area contributed by atoms with Crippen LogP contribution in [0.5, 0.6) is 0 Å². The lowest BCUT2D eigenvalue weighted by Gasteiger charge is -2.35. The lowest BCUT2D eigenvalue weighted by atomic mass is 9.80. The molecule has 0 aromatic carbocycles. The molecule has 2 nitrogen and oxygen atoms in total. The molecule has 0 unspecified atom stereocenters. The maximum atomic E-state index is 12.3. The molecule has 1 fully saturated rings. The SMILES string of the molecule is CN(CC(F)(F)F)CC1(CN)CCCCCC1. The van der Waals surface area contributed by atoms with Gasteiger partial charge in [-0.25, -0.2) is 0 Å². The fourth-order valence-electron chi connectivity index (χ4n) is 2.84. The molecule has 5 heteroatoms. The Kier molecular flexibility index (Phi) is 5.25. The maximum absolute atomic E-state index is 12.3. The van der Waals surface area contributed by atoms with Crippen molar-refractivity contribution in [1.29, 1.82) is 0 Å². The Morgan fingerprint density at radius 2 is 1.65 bits per heavy atom. The lowest BCUT2D eigenvalue weighted by molar-refractivity contribution is -0.146. The van der Waals surface area contributed by atoms with E-state index in [1.165, 1.54) is 24.8 Å². The first-order valence-corrected chi connectivity index (χ1v) is 6.32. The van der Waals surface area contributed by atoms with Gasteiger partial charge in [0.1, 0.15) is 0 Å². The standard InChI is InChI=1S/C12H23F3N2/c1-17(10-12(13,14)15)9-11(8-16)6-4-2-3-5-7-11/h2-10,16H2,1H3. The summed E-state index contributed by atoms with van der Waals surface area (Å²) in [5, 5.41) is 0. The summed E-state index contributed by atoms with van der Waals surface area (Å²) in [6.07, 6.45) is 2.37. The van der Waals surface area contributed by atoms with Crippen molar-refractivity contribution in [1.82, 2.24) is 4.90 Å². The largest absolute Gasteiger partial charge is 0.401 e. The van der Waals surface area contributed by atoms with Crippen molar-refractivity contribution in [3.63, 3.8) is 0 Å². The number of hydrogen-bond donors (Lipinski definition) is 1. The molecule has 0 amide bonds. The van der Waals surface area contributed by atoms with Crippen LogP contribution in [0.25, 0.3) is 0 Å². The third-order valence-corrected chi connectivity index (χ3v) is 3.65. The molecular formula is C12H23F3N2. The second-order valence-electron chi connectivity index (χ2n) is 5.41. The zero-order valence-electron chi connectivity index (χ0n) is 10.5. The van der Waals surface area contributed by atoms with Crippen LogP contribution in [0.3, 0.4) is 0 Å². The van der Waals surface area contributed by atoms with Crippen molar-refractivity contribution in [2.45, 2.75) is 44.7 Å². The van der Waals surface area contributed by atoms with Gasteiger partial charge in [0.2, 0.25) is 0 Å². The fraction of sp³-hybridized carbons (Fsp3) is 1.00. The van der Waals surface area contributed by atoms with Gasteiger partial charge in [0, 0.05) is 6.54 Å². The highest BCUT2D eigenvalue weighted by Gasteiger charge is 2.35. The Morgan fingerprint density at radius 3 is 2.06 bits per heavy atom. The molecule has 0 bridgehead atoms. The highest BCUT2D eigenvalue weighted by molar-refractivity contribution is 4.85. The summed E-state index contributed by atoms with van der Waals surface area (Å²) >= 11 is 0. The van der Waals surface area contributed by atoms with E-state index in [0.29, 0.717) is 13.1 Å². The average molecular weight is 252 g/mol. The fourth-order valence-corrected chi connectivity index (χ4v) is 2.84. The normalized spacial score (nSPS) is 21.5. The molecule has 0 aromatic heterocycles. The number of nitrogens with zero attached hydrogens (tertiary/aromatic N) is 1. The lowest BCUT2D eigenvalue weighted by Crippen LogP contribution is -2.43. The average Bonchev–Trinajstić information content (AvgIpc) is 2.41. The molecule has 0 aliphatic heterocycles. The zero-order valence-corrected chi connectivity index (χ0v) is 10.5. The summed E-state index contributed by atoms with van der Waals surface area (Å²) in [6.45, 7) is 0.118. The van der Waals surface area contributed by atoms with Gasteiger partial charge in [0.15, 0.2) is 0 Å². The molecule has 0 spiro atoms. The first kappa shape index (κ1) is 14.8. The summed E-state index contributed by atoms with van der Waals surface area (Å²) in [5.74, 6) is 0. The molecule has 1 aliphatic rings. The number of halogens is 3. The van der Waals surface area contributed by atoms with Gasteiger partial charge in [-0.15, -0.1) is 0 Å². The van der Waals surface area contributed by atoms with Gasteiger partial charge < -0.3 is 5.73 Å². The van der Waals surface area contributed by atoms with Crippen LogP contribution in [-0.4, -0.2) is 37.8 Å². The summed E-state index contributed by atoms with van der Waals surface area (Å²) in [7, 11) is 1.54. The van der Waals surface area contributed by atoms with E-state index >= 15 is 0 Å². The van der Waals surface area contributed by atoms with Crippen LogP contribution in [-0.2, 0) is 0 Å². The van der Waals surface area contributed by atoms with Crippen molar-refractivity contribution in [3.05, 3.63) is 0 Å². The highest BCUT2D eigenvalue weighted by atomic mass is 19.4. The third-order valence-electron chi connectivity index (χ3n) is 3.65. The molecule has 0 radical (unpaired) electrons. The number of rotatable bonds is 4. The smallest absolute Gasteiger partial charge is 0.330 e. The van der Waals surface area contributed by atoms with Gasteiger partial charge in [0.25, 0.3) is 0 Å². The number of hydrogen-bond acceptors (Lipinski definition) is 2. The van der Waals surface area contributed by atoms with E-state index in [4.69, 9.17) is 5.73 Å². The molecular weight excluding hydrogens is 229 g/mol. The predicted octanol–water partition coefficient (Wildman–Crippen LogP) is 2.78. The molecule has 0 atom stereocenters. The molecule has 2 N–H and O–H groups in total. The zero-order chi connectivity index (χ0) is 12.9. The minimum absolute atomic E-state index is 0.101. The minimum Gasteiger partial charge on any atom is -0.330 e. The van der Waals surface area contributed by atoms with Gasteiger partial charge in [-0.3, -0.25) is 4.90 Å². The molecule has 17 heavy (non-hydrogen) atoms. The molecule has 0 saturated heterocycles. The van der Waals surface area contributed by atoms with Gasteiger partial charge in [0.05, 0.1) is 6.54 Å². The van der Waals surface area contributed by atoms with Gasteiger partial charge in [-0.2, -0.15) is 13.2 Å². The first-order chi connectivity index (χ1) is 7.87. The van der Waals surface area contributed by atoms with E-state index in [0.717, 1.165) is 25.7 Å². The van der Waals surface area contributed by atoms with Crippen molar-refractivity contribution < 1.29 is 13.2 Å². The van der Waals surface area contributed by atoms with Crippen LogP contribution in [0.4, 0.5) is 13.2 Å². The summed E-state index contributed by atoms with van der Waals surface area (Å²) < 4.78 is 36.9. The van der Waals surface area contributed by atoms with Crippen molar-refractivity contribution >= 4 is 0 Å². The highest BCUT2D eigenvalue weighted by Crippen LogP contribution is 2.35. The Hall–Kier alpha value is -0.290. The first-order valence-electron chi connectivity index (χ1n) is 6.32. The Labute approximate surface area is 101 Å². The summed E-state index contributed by atoms with van der Waals surface area (Å²) in [4.78, 5) is 1.37. The van der Waals surface area contributed by atoms with Crippen LogP contribution in [0.1, 0.15) is 38.5 Å². The van der Waals surface area contributed by atoms with Crippen LogP contribution >= 0.6 is 0 Å². The van der Waals surface area contributed by atoms with E-state index in [9.17, 15) is 13.2 Å². The van der Waals surface area contributed by atoms with Crippen LogP contribution in [0.15, 0.2) is 0 Å². The predicted molar refractivity (Wildman–Crippen MR) is 62.7 cm³/mol. The molecule has 102 valence electrons. The van der Waals surface area contributed by atoms with E-state index < -0.39 is 12.7 Å². The quantitative estimate of drug-likeness (QED) is 0.780. The number of nitrogens with two attached hydrogens (primary N) is 1. The van der Waals surface area contributed by atoms with Gasteiger partial charge in [-0.05, 0) is 31.8 Å². The van der Waals surface area contributed by atoms with E-state index in [1.807, 2.05) is 0 Å². The monoisotopic (exact) mass is 252 g/mol. The van der Waals surface area contributed by atoms with Crippen molar-refractivity contribution in [3.8, 4) is 0 Å². The molecule has 0 aromatic rings. The molecule has 1 rings (SSSR count). The van der Waals surface area contributed by atoms with Crippen LogP contribution in [0, 0.1) is 5.41 Å². The van der Waals surface area contributed by atoms with Gasteiger partial charge >= 0.3 is 6.18 Å². The van der Waals surface area contributed by atoms with Gasteiger partial charge in [-0.1, -0.05) is 25.7 Å². The Balaban J connectivity index is 2.54. The molecule has 1 aliphatic carbocycles. The minimum atomic E-state index is -4.12. The molecule has 0 heterocycles. The van der Waals surface area contributed by atoms with E-state index in [2.05, 4.69) is 0 Å². The second-order valence-corrected chi connectivity index (χ2v) is 5.41. The molecule has 1 saturated carbocycles. The van der Waals surface area contributed by atoms with Crippen LogP contribution in [0.2, 0.25) is 0 Å². The van der Waals surface area contributed by atoms with Crippen LogP contribution < -0.4 is 5.73 Å². The summed E-state index contributed by atoms with van der Waals surface area (Å²) in [5.41, 5.74) is 5.71. The maximum Gasteiger partial charge on any atom is 0.401 e. The Morgan fingerprint density at radius 1 is 1.12 bits per heavy atom. The number of alkyl halides is 3. The van der Waals surface area contributed by atoms with E-state index in [-0.39, 0.29) is 5.41 Å². The Bertz CT molecular complexity index is 220. The topological polar surface area (TPSA) is 29.3 Å².